The van der Waals surface area contributed by atoms with Gasteiger partial charge in [-0.1, -0.05) is 68.8 Å². The summed E-state index contributed by atoms with van der Waals surface area (Å²) >= 11 is 5.99. The molecule has 0 bridgehead atoms. The third-order valence-corrected chi connectivity index (χ3v) is 8.21. The first-order chi connectivity index (χ1) is 19.2. The van der Waals surface area contributed by atoms with Crippen LogP contribution in [0.2, 0.25) is 5.02 Å². The zero-order valence-corrected chi connectivity index (χ0v) is 26.7. The highest BCUT2D eigenvalue weighted by molar-refractivity contribution is 6.30. The number of carbonyl (C=O) groups is 1. The van der Waals surface area contributed by atoms with Crippen molar-refractivity contribution in [2.45, 2.75) is 51.3 Å². The second kappa shape index (κ2) is 14.8. The van der Waals surface area contributed by atoms with Crippen molar-refractivity contribution < 1.29 is 19.4 Å². The molecule has 9 heteroatoms. The van der Waals surface area contributed by atoms with E-state index in [1.54, 1.807) is 0 Å². The summed E-state index contributed by atoms with van der Waals surface area (Å²) in [4.78, 5) is 14.4. The number of hydrogen-bond donors (Lipinski definition) is 2. The second-order valence-corrected chi connectivity index (χ2v) is 12.5. The van der Waals surface area contributed by atoms with Crippen LogP contribution in [0.15, 0.2) is 72.8 Å². The summed E-state index contributed by atoms with van der Waals surface area (Å²) < 4.78 is 11.7. The fraction of sp³-hybridized carbons (Fsp3) is 0.424. The van der Waals surface area contributed by atoms with Crippen LogP contribution in [0, 0.1) is 11.8 Å². The number of hydrogen-bond acceptors (Lipinski definition) is 5. The number of benzene rings is 3. The van der Waals surface area contributed by atoms with Crippen LogP contribution < -0.4 is 14.8 Å². The van der Waals surface area contributed by atoms with Gasteiger partial charge >= 0.3 is 5.97 Å². The van der Waals surface area contributed by atoms with E-state index in [0.29, 0.717) is 18.4 Å². The van der Waals surface area contributed by atoms with E-state index in [2.05, 4.69) is 43.1 Å². The first-order valence-electron chi connectivity index (χ1n) is 14.1. The minimum absolute atomic E-state index is 0. The van der Waals surface area contributed by atoms with E-state index in [4.69, 9.17) is 21.1 Å². The van der Waals surface area contributed by atoms with E-state index in [1.165, 1.54) is 11.1 Å². The van der Waals surface area contributed by atoms with Crippen LogP contribution in [0.25, 0.3) is 0 Å². The molecule has 1 saturated carbocycles. The zero-order chi connectivity index (χ0) is 28.3. The molecule has 2 fully saturated rings. The number of nitrogens with zero attached hydrogens (tertiary/aromatic N) is 1. The number of piperidine rings is 1. The zero-order valence-electron chi connectivity index (χ0n) is 24.3. The topological polar surface area (TPSA) is 71.0 Å². The SMILES string of the molecule is CC(C)(C)c1ccc(O[C@@H](Cc2ccc(OCCN[C@H]3C4CN(Cc5ccc(Cl)cc5)C[C@@H]43)cc2)C(=O)O)cc1.Cl.Cl. The van der Waals surface area contributed by atoms with Crippen LogP contribution >= 0.6 is 36.4 Å². The molecule has 1 aliphatic carbocycles. The Labute approximate surface area is 266 Å². The van der Waals surface area contributed by atoms with Gasteiger partial charge in [0, 0.05) is 43.7 Å². The Balaban J connectivity index is 0.00000242. The molecule has 1 saturated heterocycles. The lowest BCUT2D eigenvalue weighted by Gasteiger charge is -2.20. The number of carboxylic acids is 1. The maximum absolute atomic E-state index is 11.9. The number of carboxylic acid groups (broad SMARTS) is 1. The van der Waals surface area contributed by atoms with Gasteiger partial charge in [0.1, 0.15) is 18.1 Å². The van der Waals surface area contributed by atoms with E-state index < -0.39 is 12.1 Å². The lowest BCUT2D eigenvalue weighted by Crippen LogP contribution is -2.33. The molecule has 0 spiro atoms. The van der Waals surface area contributed by atoms with E-state index in [1.807, 2.05) is 60.7 Å². The number of halogens is 3. The number of rotatable bonds is 12. The Morgan fingerprint density at radius 1 is 0.929 bits per heavy atom. The van der Waals surface area contributed by atoms with Gasteiger partial charge in [0.2, 0.25) is 0 Å². The molecule has 5 rings (SSSR count). The fourth-order valence-corrected chi connectivity index (χ4v) is 5.73. The van der Waals surface area contributed by atoms with Crippen molar-refractivity contribution in [2.75, 3.05) is 26.2 Å². The molecule has 2 aliphatic rings. The van der Waals surface area contributed by atoms with Crippen LogP contribution in [0.5, 0.6) is 11.5 Å². The highest BCUT2D eigenvalue weighted by Gasteiger charge is 2.55. The molecular formula is C33H41Cl3N2O4. The van der Waals surface area contributed by atoms with Gasteiger partial charge in [-0.2, -0.15) is 0 Å². The number of likely N-dealkylation sites (tertiary alicyclic amines) is 1. The average molecular weight is 636 g/mol. The van der Waals surface area contributed by atoms with Gasteiger partial charge in [0.05, 0.1) is 0 Å². The third-order valence-electron chi connectivity index (χ3n) is 7.96. The first-order valence-corrected chi connectivity index (χ1v) is 14.5. The third kappa shape index (κ3) is 9.01. The molecule has 4 atom stereocenters. The molecule has 1 aliphatic heterocycles. The molecule has 0 aromatic heterocycles. The van der Waals surface area contributed by atoms with Crippen molar-refractivity contribution in [3.05, 3.63) is 94.5 Å². The molecule has 3 aromatic carbocycles. The summed E-state index contributed by atoms with van der Waals surface area (Å²) in [5.41, 5.74) is 3.40. The second-order valence-electron chi connectivity index (χ2n) is 12.0. The minimum Gasteiger partial charge on any atom is -0.492 e. The lowest BCUT2D eigenvalue weighted by molar-refractivity contribution is -0.145. The van der Waals surface area contributed by atoms with E-state index >= 15 is 0 Å². The van der Waals surface area contributed by atoms with Crippen LogP contribution in [-0.4, -0.2) is 54.4 Å². The summed E-state index contributed by atoms with van der Waals surface area (Å²) in [5.74, 6) is 1.81. The summed E-state index contributed by atoms with van der Waals surface area (Å²) in [5, 5.41) is 14.2. The standard InChI is InChI=1S/C33H39ClN2O4.2ClH/c1-33(2,3)24-8-14-27(15-9-24)40-30(32(37)38)18-22-6-12-26(13-7-22)39-17-16-35-31-28-20-36(21-29(28)31)19-23-4-10-25(34)11-5-23;;/h4-15,28-31,35H,16-21H2,1-3H3,(H,37,38);2*1H/t28-,29?,30-,31+;;/m0../s1. The van der Waals surface area contributed by atoms with Crippen LogP contribution in [0.3, 0.4) is 0 Å². The quantitative estimate of drug-likeness (QED) is 0.217. The van der Waals surface area contributed by atoms with E-state index in [-0.39, 0.29) is 36.6 Å². The maximum Gasteiger partial charge on any atom is 0.345 e. The van der Waals surface area contributed by atoms with Crippen molar-refractivity contribution in [1.29, 1.82) is 0 Å². The first kappa shape index (κ1) is 34.0. The Morgan fingerprint density at radius 2 is 1.50 bits per heavy atom. The van der Waals surface area contributed by atoms with E-state index in [9.17, 15) is 9.90 Å². The Hall–Kier alpha value is -2.48. The Bertz CT molecular complexity index is 1270. The smallest absolute Gasteiger partial charge is 0.345 e. The summed E-state index contributed by atoms with van der Waals surface area (Å²) in [6.07, 6.45) is -0.686. The summed E-state index contributed by atoms with van der Waals surface area (Å²) in [7, 11) is 0. The number of nitrogens with one attached hydrogen (secondary N) is 1. The minimum atomic E-state index is -0.982. The van der Waals surface area contributed by atoms with Gasteiger partial charge in [-0.15, -0.1) is 24.8 Å². The van der Waals surface area contributed by atoms with Gasteiger partial charge in [-0.3, -0.25) is 4.90 Å². The average Bonchev–Trinajstić information content (AvgIpc) is 3.37. The summed E-state index contributed by atoms with van der Waals surface area (Å²) in [6, 6.07) is 24.0. The number of aliphatic carboxylic acids is 1. The van der Waals surface area contributed by atoms with Gasteiger partial charge < -0.3 is 19.9 Å². The van der Waals surface area contributed by atoms with Crippen LogP contribution in [0.1, 0.15) is 37.5 Å². The largest absolute Gasteiger partial charge is 0.492 e. The van der Waals surface area contributed by atoms with E-state index in [0.717, 1.165) is 54.4 Å². The molecule has 1 heterocycles. The predicted octanol–water partition coefficient (Wildman–Crippen LogP) is 6.65. The molecule has 0 amide bonds. The van der Waals surface area contributed by atoms with Crippen molar-refractivity contribution in [3.8, 4) is 11.5 Å². The molecule has 1 unspecified atom stereocenters. The van der Waals surface area contributed by atoms with Crippen molar-refractivity contribution >= 4 is 42.4 Å². The maximum atomic E-state index is 11.9. The number of fused-ring (bicyclic) bond motifs is 1. The molecule has 0 radical (unpaired) electrons. The highest BCUT2D eigenvalue weighted by atomic mass is 35.5. The highest BCUT2D eigenvalue weighted by Crippen LogP contribution is 2.45. The molecular weight excluding hydrogens is 595 g/mol. The van der Waals surface area contributed by atoms with Crippen molar-refractivity contribution in [1.82, 2.24) is 10.2 Å². The normalized spacial score (nSPS) is 20.0. The molecule has 6 nitrogen and oxygen atoms in total. The van der Waals surface area contributed by atoms with Gasteiger partial charge in [0.15, 0.2) is 6.10 Å². The molecule has 3 aromatic rings. The number of ether oxygens (including phenoxy) is 2. The molecule has 228 valence electrons. The van der Waals surface area contributed by atoms with Crippen LogP contribution in [-0.2, 0) is 23.2 Å². The summed E-state index contributed by atoms with van der Waals surface area (Å²) in [6.45, 7) is 11.1. The predicted molar refractivity (Wildman–Crippen MR) is 173 cm³/mol. The lowest BCUT2D eigenvalue weighted by atomic mass is 9.87. The van der Waals surface area contributed by atoms with Gasteiger partial charge in [-0.05, 0) is 70.3 Å². The monoisotopic (exact) mass is 634 g/mol. The fourth-order valence-electron chi connectivity index (χ4n) is 5.60. The van der Waals surface area contributed by atoms with Crippen molar-refractivity contribution in [3.63, 3.8) is 0 Å². The van der Waals surface area contributed by atoms with Gasteiger partial charge in [-0.25, -0.2) is 4.79 Å². The Kier molecular flexibility index (Phi) is 12.0. The van der Waals surface area contributed by atoms with Crippen LogP contribution in [0.4, 0.5) is 0 Å². The van der Waals surface area contributed by atoms with Gasteiger partial charge in [0.25, 0.3) is 0 Å². The Morgan fingerprint density at radius 3 is 2.07 bits per heavy atom. The van der Waals surface area contributed by atoms with Crippen molar-refractivity contribution in [2.24, 2.45) is 11.8 Å². The molecule has 42 heavy (non-hydrogen) atoms. The molecule has 2 N–H and O–H groups in total.